The van der Waals surface area contributed by atoms with E-state index in [0.29, 0.717) is 17.2 Å². The molecule has 0 saturated heterocycles. The molecule has 2 bridgehead atoms. The molecule has 2 atom stereocenters. The summed E-state index contributed by atoms with van der Waals surface area (Å²) in [6, 6.07) is 9.49. The highest BCUT2D eigenvalue weighted by atomic mass is 19.1. The lowest BCUT2D eigenvalue weighted by Gasteiger charge is -2.42. The predicted octanol–water partition coefficient (Wildman–Crippen LogP) is 3.70. The molecule has 3 aliphatic carbocycles. The number of benzene rings is 1. The van der Waals surface area contributed by atoms with Crippen LogP contribution < -0.4 is 10.6 Å². The third-order valence-electron chi connectivity index (χ3n) is 6.45. The van der Waals surface area contributed by atoms with Crippen LogP contribution in [0.2, 0.25) is 0 Å². The van der Waals surface area contributed by atoms with Crippen LogP contribution >= 0.6 is 0 Å². The van der Waals surface area contributed by atoms with E-state index in [1.807, 2.05) is 19.9 Å². The van der Waals surface area contributed by atoms with Crippen molar-refractivity contribution in [2.75, 3.05) is 5.32 Å². The molecular weight excluding hydrogens is 357 g/mol. The van der Waals surface area contributed by atoms with E-state index in [4.69, 9.17) is 0 Å². The lowest BCUT2D eigenvalue weighted by Crippen LogP contribution is -2.41. The lowest BCUT2D eigenvalue weighted by molar-refractivity contribution is -0.125. The minimum absolute atomic E-state index is 0.0558. The maximum atomic E-state index is 13.0. The maximum absolute atomic E-state index is 13.0. The van der Waals surface area contributed by atoms with Crippen LogP contribution in [0.5, 0.6) is 0 Å². The lowest BCUT2D eigenvalue weighted by atomic mass is 9.62. The predicted molar refractivity (Wildman–Crippen MR) is 104 cm³/mol. The largest absolute Gasteiger partial charge is 0.349 e. The van der Waals surface area contributed by atoms with Gasteiger partial charge < -0.3 is 10.6 Å². The molecule has 5 rings (SSSR count). The summed E-state index contributed by atoms with van der Waals surface area (Å²) in [7, 11) is 0. The zero-order chi connectivity index (χ0) is 19.9. The topological polar surface area (TPSA) is 71.1 Å². The molecule has 3 aliphatic rings. The highest BCUT2D eigenvalue weighted by molar-refractivity contribution is 5.94. The molecule has 0 spiro atoms. The number of anilines is 1. The normalized spacial score (nSPS) is 26.2. The number of halogens is 1. The average Bonchev–Trinajstić information content (AvgIpc) is 3.18. The quantitative estimate of drug-likeness (QED) is 0.830. The van der Waals surface area contributed by atoms with E-state index >= 15 is 0 Å². The Bertz CT molecular complexity index is 889. The Balaban J connectivity index is 1.36. The Kier molecular flexibility index (Phi) is 4.65. The zero-order valence-electron chi connectivity index (χ0n) is 16.0. The summed E-state index contributed by atoms with van der Waals surface area (Å²) in [5.41, 5.74) is 1.96. The Morgan fingerprint density at radius 1 is 1.14 bits per heavy atom. The fourth-order valence-electron chi connectivity index (χ4n) is 4.66. The number of aromatic nitrogens is 1. The summed E-state index contributed by atoms with van der Waals surface area (Å²) < 4.78 is 13.0. The average molecular weight is 381 g/mol. The second-order valence-electron chi connectivity index (χ2n) is 8.22. The van der Waals surface area contributed by atoms with Crippen LogP contribution in [0.1, 0.15) is 42.2 Å². The number of hydrogen-bond donors (Lipinski definition) is 2. The van der Waals surface area contributed by atoms with Gasteiger partial charge in [0.1, 0.15) is 5.82 Å². The van der Waals surface area contributed by atoms with Gasteiger partial charge in [0.2, 0.25) is 5.91 Å². The number of fused-ring (bicyclic) bond motifs is 1. The van der Waals surface area contributed by atoms with Gasteiger partial charge in [0, 0.05) is 29.5 Å². The van der Waals surface area contributed by atoms with Crippen LogP contribution in [0.15, 0.2) is 42.6 Å². The molecule has 0 radical (unpaired) electrons. The van der Waals surface area contributed by atoms with E-state index in [2.05, 4.69) is 15.6 Å². The van der Waals surface area contributed by atoms with Crippen molar-refractivity contribution in [2.45, 2.75) is 39.2 Å². The molecule has 3 fully saturated rings. The highest BCUT2D eigenvalue weighted by Gasteiger charge is 2.60. The number of carbonyl (C=O) groups excluding carboxylic acids is 2. The first-order chi connectivity index (χ1) is 13.4. The van der Waals surface area contributed by atoms with Gasteiger partial charge in [0.15, 0.2) is 0 Å². The Hall–Kier alpha value is -2.76. The second kappa shape index (κ2) is 7.00. The van der Waals surface area contributed by atoms with Crippen LogP contribution in [-0.4, -0.2) is 22.8 Å². The van der Waals surface area contributed by atoms with Gasteiger partial charge in [0.05, 0.1) is 5.56 Å². The van der Waals surface area contributed by atoms with Gasteiger partial charge >= 0.3 is 0 Å². The molecule has 146 valence electrons. The van der Waals surface area contributed by atoms with Gasteiger partial charge in [-0.1, -0.05) is 6.92 Å². The number of nitrogens with one attached hydrogen (secondary N) is 2. The molecule has 5 nitrogen and oxygen atoms in total. The van der Waals surface area contributed by atoms with Gasteiger partial charge in [-0.15, -0.1) is 0 Å². The molecule has 1 heterocycles. The number of rotatable bonds is 5. The molecule has 2 aromatic rings. The number of nitrogens with zero attached hydrogens (tertiary/aromatic N) is 1. The fraction of sp³-hybridized carbons (Fsp3) is 0.409. The molecule has 2 amide bonds. The van der Waals surface area contributed by atoms with E-state index < -0.39 is 0 Å². The molecule has 2 N–H and O–H groups in total. The minimum atomic E-state index is -0.329. The highest BCUT2D eigenvalue weighted by Crippen LogP contribution is 2.62. The monoisotopic (exact) mass is 381 g/mol. The number of pyridine rings is 1. The molecular formula is C22H24FN3O2. The van der Waals surface area contributed by atoms with Crippen molar-refractivity contribution < 1.29 is 14.0 Å². The van der Waals surface area contributed by atoms with Crippen LogP contribution in [0.25, 0.3) is 0 Å². The molecule has 1 aromatic heterocycles. The van der Waals surface area contributed by atoms with E-state index in [-0.39, 0.29) is 35.0 Å². The van der Waals surface area contributed by atoms with E-state index in [9.17, 15) is 14.0 Å². The molecule has 6 heteroatoms. The third-order valence-corrected chi connectivity index (χ3v) is 6.45. The molecule has 1 aromatic carbocycles. The molecule has 28 heavy (non-hydrogen) atoms. The van der Waals surface area contributed by atoms with Crippen molar-refractivity contribution >= 4 is 17.5 Å². The Morgan fingerprint density at radius 2 is 1.86 bits per heavy atom. The summed E-state index contributed by atoms with van der Waals surface area (Å²) >= 11 is 0. The van der Waals surface area contributed by atoms with Crippen molar-refractivity contribution in [3.8, 4) is 0 Å². The standard InChI is InChI=1S/C22H24FN3O2/c1-13-3-4-15(12-24-13)21(28)26-19-11-22(9-16(19)10-22)14(2)20(27)25-18-7-5-17(23)6-8-18/h3-8,12,14,16,19H,9-11H2,1-2H3,(H,25,27)(H,26,28)/t14?,16?,19-,22?/m1/s1. The van der Waals surface area contributed by atoms with Crippen molar-refractivity contribution in [3.05, 3.63) is 59.7 Å². The first-order valence-electron chi connectivity index (χ1n) is 9.66. The first kappa shape index (κ1) is 18.6. The summed E-state index contributed by atoms with van der Waals surface area (Å²) in [5, 5.41) is 6.01. The van der Waals surface area contributed by atoms with Gasteiger partial charge in [-0.3, -0.25) is 14.6 Å². The number of aryl methyl sites for hydroxylation is 1. The number of amides is 2. The summed E-state index contributed by atoms with van der Waals surface area (Å²) in [6.07, 6.45) is 4.30. The van der Waals surface area contributed by atoms with Gasteiger partial charge in [0.25, 0.3) is 5.91 Å². The Labute approximate surface area is 163 Å². The van der Waals surface area contributed by atoms with Crippen molar-refractivity contribution in [3.63, 3.8) is 0 Å². The van der Waals surface area contributed by atoms with E-state index in [1.165, 1.54) is 12.1 Å². The number of hydrogen-bond acceptors (Lipinski definition) is 3. The molecule has 0 aliphatic heterocycles. The van der Waals surface area contributed by atoms with Crippen molar-refractivity contribution in [2.24, 2.45) is 17.3 Å². The summed E-state index contributed by atoms with van der Waals surface area (Å²) in [5.74, 6) is -0.242. The SMILES string of the molecule is Cc1ccc(C(=O)N[C@@H]2CC3(C(C)C(=O)Nc4ccc(F)cc4)CC2C3)cn1. The van der Waals surface area contributed by atoms with E-state index in [0.717, 1.165) is 25.0 Å². The fourth-order valence-corrected chi connectivity index (χ4v) is 4.66. The van der Waals surface area contributed by atoms with Crippen LogP contribution in [0.3, 0.4) is 0 Å². The van der Waals surface area contributed by atoms with Gasteiger partial charge in [-0.25, -0.2) is 4.39 Å². The van der Waals surface area contributed by atoms with E-state index in [1.54, 1.807) is 24.4 Å². The zero-order valence-corrected chi connectivity index (χ0v) is 16.0. The molecule has 3 saturated carbocycles. The molecule has 1 unspecified atom stereocenters. The maximum Gasteiger partial charge on any atom is 0.253 e. The summed E-state index contributed by atoms with van der Waals surface area (Å²) in [4.78, 5) is 29.4. The third kappa shape index (κ3) is 3.39. The summed E-state index contributed by atoms with van der Waals surface area (Å²) in [6.45, 7) is 3.83. The second-order valence-corrected chi connectivity index (χ2v) is 8.22. The minimum Gasteiger partial charge on any atom is -0.349 e. The van der Waals surface area contributed by atoms with Gasteiger partial charge in [-0.2, -0.15) is 0 Å². The van der Waals surface area contributed by atoms with Crippen molar-refractivity contribution in [1.29, 1.82) is 0 Å². The Morgan fingerprint density at radius 3 is 2.50 bits per heavy atom. The van der Waals surface area contributed by atoms with Crippen LogP contribution in [0, 0.1) is 30.0 Å². The van der Waals surface area contributed by atoms with Crippen LogP contribution in [-0.2, 0) is 4.79 Å². The number of carbonyl (C=O) groups is 2. The smallest absolute Gasteiger partial charge is 0.253 e. The first-order valence-corrected chi connectivity index (χ1v) is 9.66. The van der Waals surface area contributed by atoms with Crippen LogP contribution in [0.4, 0.5) is 10.1 Å². The van der Waals surface area contributed by atoms with Crippen molar-refractivity contribution in [1.82, 2.24) is 10.3 Å². The van der Waals surface area contributed by atoms with Gasteiger partial charge in [-0.05, 0) is 73.9 Å².